The Balaban J connectivity index is 1.26. The second-order valence-corrected chi connectivity index (χ2v) is 9.30. The molecule has 12 nitrogen and oxygen atoms in total. The van der Waals surface area contributed by atoms with E-state index in [0.717, 1.165) is 44.0 Å². The van der Waals surface area contributed by atoms with Gasteiger partial charge in [0.2, 0.25) is 5.82 Å². The van der Waals surface area contributed by atoms with Gasteiger partial charge in [0.25, 0.3) is 5.69 Å². The van der Waals surface area contributed by atoms with Crippen LogP contribution in [0.3, 0.4) is 0 Å². The smallest absolute Gasteiger partial charge is 0.284 e. The van der Waals surface area contributed by atoms with Crippen LogP contribution in [0.5, 0.6) is 23.0 Å². The average Bonchev–Trinajstić information content (AvgIpc) is 3.49. The van der Waals surface area contributed by atoms with Crippen molar-refractivity contribution < 1.29 is 23.9 Å². The van der Waals surface area contributed by atoms with Gasteiger partial charge in [0, 0.05) is 25.7 Å². The van der Waals surface area contributed by atoms with Crippen LogP contribution in [0.2, 0.25) is 0 Å². The highest BCUT2D eigenvalue weighted by atomic mass is 16.6. The summed E-state index contributed by atoms with van der Waals surface area (Å²) in [5, 5.41) is 24.2. The van der Waals surface area contributed by atoms with Crippen LogP contribution in [-0.2, 0) is 19.4 Å². The highest BCUT2D eigenvalue weighted by molar-refractivity contribution is 5.72. The molecule has 0 unspecified atom stereocenters. The van der Waals surface area contributed by atoms with E-state index >= 15 is 0 Å². The summed E-state index contributed by atoms with van der Waals surface area (Å²) in [6.45, 7) is 2.76. The van der Waals surface area contributed by atoms with Crippen molar-refractivity contribution in [2.45, 2.75) is 19.4 Å². The zero-order valence-electron chi connectivity index (χ0n) is 22.8. The minimum atomic E-state index is -0.513. The highest BCUT2D eigenvalue weighted by Gasteiger charge is 2.24. The molecule has 0 saturated carbocycles. The van der Waals surface area contributed by atoms with Crippen molar-refractivity contribution in [1.29, 1.82) is 0 Å². The van der Waals surface area contributed by atoms with Crippen LogP contribution in [0.4, 0.5) is 5.69 Å². The number of nitro benzene ring substituents is 1. The van der Waals surface area contributed by atoms with Crippen LogP contribution < -0.4 is 18.9 Å². The lowest BCUT2D eigenvalue weighted by Gasteiger charge is -2.29. The van der Waals surface area contributed by atoms with Gasteiger partial charge in [-0.3, -0.25) is 15.0 Å². The Labute approximate surface area is 231 Å². The predicted molar refractivity (Wildman–Crippen MR) is 147 cm³/mol. The number of hydrogen-bond donors (Lipinski definition) is 0. The van der Waals surface area contributed by atoms with Gasteiger partial charge in [0.05, 0.1) is 45.1 Å². The molecule has 4 aromatic rings. The monoisotopic (exact) mass is 546 g/mol. The van der Waals surface area contributed by atoms with E-state index in [4.69, 9.17) is 18.9 Å². The van der Waals surface area contributed by atoms with Crippen molar-refractivity contribution in [1.82, 2.24) is 25.1 Å². The molecule has 0 bridgehead atoms. The third-order valence-electron chi connectivity index (χ3n) is 7.03. The van der Waals surface area contributed by atoms with Gasteiger partial charge in [-0.2, -0.15) is 0 Å². The number of aromatic nitrogens is 4. The molecule has 40 heavy (non-hydrogen) atoms. The van der Waals surface area contributed by atoms with E-state index in [1.807, 2.05) is 24.3 Å². The van der Waals surface area contributed by atoms with Crippen LogP contribution in [0.25, 0.3) is 17.1 Å². The molecular weight excluding hydrogens is 516 g/mol. The highest BCUT2D eigenvalue weighted by Crippen LogP contribution is 2.38. The summed E-state index contributed by atoms with van der Waals surface area (Å²) in [5.74, 6) is 2.21. The van der Waals surface area contributed by atoms with Gasteiger partial charge in [0.1, 0.15) is 5.56 Å². The number of benzene rings is 3. The summed E-state index contributed by atoms with van der Waals surface area (Å²) >= 11 is 0. The Morgan fingerprint density at radius 2 is 1.50 bits per heavy atom. The standard InChI is InChI=1S/C28H30N6O6/c1-37-24-13-19-10-12-32(17-20(19)14-25(24)38-2)11-9-18-5-7-21(8-6-18)33-30-28(29-31-33)22-15-26(39-3)27(40-4)16-23(22)34(35)36/h5-8,13-16H,9-12,17H2,1-4H3. The average molecular weight is 547 g/mol. The maximum atomic E-state index is 11.7. The van der Waals surface area contributed by atoms with Gasteiger partial charge >= 0.3 is 0 Å². The molecule has 0 atom stereocenters. The lowest BCUT2D eigenvalue weighted by molar-refractivity contribution is -0.384. The van der Waals surface area contributed by atoms with Crippen molar-refractivity contribution in [2.24, 2.45) is 0 Å². The summed E-state index contributed by atoms with van der Waals surface area (Å²) in [6, 6.07) is 14.8. The topological polar surface area (TPSA) is 127 Å². The molecule has 12 heteroatoms. The second-order valence-electron chi connectivity index (χ2n) is 9.30. The molecule has 1 aliphatic rings. The molecule has 1 aliphatic heterocycles. The molecule has 0 fully saturated rings. The second kappa shape index (κ2) is 11.6. The molecule has 2 heterocycles. The van der Waals surface area contributed by atoms with Gasteiger partial charge in [-0.1, -0.05) is 12.1 Å². The van der Waals surface area contributed by atoms with Gasteiger partial charge < -0.3 is 18.9 Å². The van der Waals surface area contributed by atoms with Gasteiger partial charge in [-0.15, -0.1) is 15.0 Å². The summed E-state index contributed by atoms with van der Waals surface area (Å²) in [5.41, 5.74) is 4.42. The Morgan fingerprint density at radius 1 is 0.875 bits per heavy atom. The van der Waals surface area contributed by atoms with Crippen LogP contribution in [0, 0.1) is 10.1 Å². The number of hydrogen-bond acceptors (Lipinski definition) is 10. The van der Waals surface area contributed by atoms with E-state index in [1.54, 1.807) is 14.2 Å². The van der Waals surface area contributed by atoms with Crippen LogP contribution in [0.1, 0.15) is 16.7 Å². The van der Waals surface area contributed by atoms with Crippen LogP contribution in [0.15, 0.2) is 48.5 Å². The Kier molecular flexibility index (Phi) is 7.78. The number of methoxy groups -OCH3 is 4. The first-order valence-electron chi connectivity index (χ1n) is 12.7. The molecule has 0 N–H and O–H groups in total. The number of tetrazole rings is 1. The van der Waals surface area contributed by atoms with E-state index in [2.05, 4.69) is 32.4 Å². The fraction of sp³-hybridized carbons (Fsp3) is 0.321. The van der Waals surface area contributed by atoms with Gasteiger partial charge in [-0.25, -0.2) is 0 Å². The Hall–Kier alpha value is -4.71. The zero-order valence-corrected chi connectivity index (χ0v) is 22.8. The number of nitro groups is 1. The normalized spacial score (nSPS) is 13.0. The number of rotatable bonds is 10. The molecule has 3 aromatic carbocycles. The first-order valence-corrected chi connectivity index (χ1v) is 12.7. The minimum absolute atomic E-state index is 0.108. The third-order valence-corrected chi connectivity index (χ3v) is 7.03. The fourth-order valence-electron chi connectivity index (χ4n) is 4.85. The Morgan fingerprint density at radius 3 is 2.15 bits per heavy atom. The first-order chi connectivity index (χ1) is 19.4. The summed E-state index contributed by atoms with van der Waals surface area (Å²) < 4.78 is 21.4. The molecule has 1 aromatic heterocycles. The molecular formula is C28H30N6O6. The lowest BCUT2D eigenvalue weighted by Crippen LogP contribution is -2.32. The number of nitrogens with zero attached hydrogens (tertiary/aromatic N) is 6. The van der Waals surface area contributed by atoms with E-state index in [1.165, 1.54) is 47.8 Å². The minimum Gasteiger partial charge on any atom is -0.493 e. The molecule has 0 aliphatic carbocycles. The van der Waals surface area contributed by atoms with Crippen molar-refractivity contribution in [3.8, 4) is 40.1 Å². The Bertz CT molecular complexity index is 1520. The first kappa shape index (κ1) is 26.9. The number of ether oxygens (including phenoxy) is 4. The van der Waals surface area contributed by atoms with E-state index in [9.17, 15) is 10.1 Å². The molecule has 0 amide bonds. The van der Waals surface area contributed by atoms with Crippen molar-refractivity contribution in [3.05, 3.63) is 75.3 Å². The molecule has 0 radical (unpaired) electrons. The summed E-state index contributed by atoms with van der Waals surface area (Å²) in [7, 11) is 6.19. The summed E-state index contributed by atoms with van der Waals surface area (Å²) in [4.78, 5) is 15.0. The van der Waals surface area contributed by atoms with E-state index in [0.29, 0.717) is 11.4 Å². The van der Waals surface area contributed by atoms with Gasteiger partial charge in [0.15, 0.2) is 23.0 Å². The fourth-order valence-corrected chi connectivity index (χ4v) is 4.85. The van der Waals surface area contributed by atoms with Crippen molar-refractivity contribution in [2.75, 3.05) is 41.5 Å². The van der Waals surface area contributed by atoms with E-state index in [-0.39, 0.29) is 22.8 Å². The molecule has 208 valence electrons. The van der Waals surface area contributed by atoms with Crippen molar-refractivity contribution >= 4 is 5.69 Å². The van der Waals surface area contributed by atoms with E-state index < -0.39 is 4.92 Å². The third kappa shape index (κ3) is 5.38. The molecule has 5 rings (SSSR count). The van der Waals surface area contributed by atoms with Gasteiger partial charge in [-0.05, 0) is 59.0 Å². The number of fused-ring (bicyclic) bond motifs is 1. The maximum absolute atomic E-state index is 11.7. The largest absolute Gasteiger partial charge is 0.493 e. The summed E-state index contributed by atoms with van der Waals surface area (Å²) in [6.07, 6.45) is 1.85. The quantitative estimate of drug-likeness (QED) is 0.214. The maximum Gasteiger partial charge on any atom is 0.284 e. The molecule has 0 spiro atoms. The molecule has 0 saturated heterocycles. The van der Waals surface area contributed by atoms with Crippen molar-refractivity contribution in [3.63, 3.8) is 0 Å². The zero-order chi connectivity index (χ0) is 28.2. The van der Waals surface area contributed by atoms with Crippen LogP contribution >= 0.6 is 0 Å². The SMILES string of the molecule is COc1cc2c(cc1OC)CN(CCc1ccc(-n3nnc(-c4cc(OC)c(OC)cc4[N+](=O)[O-])n3)cc1)CC2. The van der Waals surface area contributed by atoms with Crippen LogP contribution in [-0.4, -0.2) is 71.6 Å². The predicted octanol–water partition coefficient (Wildman–Crippen LogP) is 3.87. The lowest BCUT2D eigenvalue weighted by atomic mass is 9.98.